The van der Waals surface area contributed by atoms with Gasteiger partial charge in [-0.15, -0.1) is 11.3 Å². The van der Waals surface area contributed by atoms with Crippen LogP contribution in [0.2, 0.25) is 0 Å². The maximum absolute atomic E-state index is 12.2. The van der Waals surface area contributed by atoms with E-state index in [1.165, 1.54) is 9.78 Å². The van der Waals surface area contributed by atoms with Crippen LogP contribution >= 0.6 is 27.3 Å². The van der Waals surface area contributed by atoms with Gasteiger partial charge in [-0.05, 0) is 29.6 Å². The maximum atomic E-state index is 12.2. The first-order valence-corrected chi connectivity index (χ1v) is 8.12. The van der Waals surface area contributed by atoms with Gasteiger partial charge in [0, 0.05) is 10.0 Å². The van der Waals surface area contributed by atoms with Gasteiger partial charge in [0.15, 0.2) is 0 Å². The van der Waals surface area contributed by atoms with E-state index in [9.17, 15) is 4.79 Å². The van der Waals surface area contributed by atoms with Gasteiger partial charge in [0.2, 0.25) is 0 Å². The number of nitrogens with one attached hydrogen (secondary N) is 2. The molecule has 5 heteroatoms. The molecule has 1 amide bonds. The third-order valence-corrected chi connectivity index (χ3v) is 4.62. The summed E-state index contributed by atoms with van der Waals surface area (Å²) in [7, 11) is 4.21. The molecular formula is C15H18BrN2OS+. The van der Waals surface area contributed by atoms with E-state index in [2.05, 4.69) is 46.8 Å². The van der Waals surface area contributed by atoms with Crippen molar-refractivity contribution >= 4 is 33.2 Å². The molecule has 1 atom stereocenters. The predicted molar refractivity (Wildman–Crippen MR) is 86.3 cm³/mol. The molecule has 3 nitrogen and oxygen atoms in total. The molecule has 2 rings (SSSR count). The number of rotatable bonds is 5. The summed E-state index contributed by atoms with van der Waals surface area (Å²) in [4.78, 5) is 14.8. The Labute approximate surface area is 131 Å². The molecule has 2 N–H and O–H groups in total. The van der Waals surface area contributed by atoms with Crippen LogP contribution < -0.4 is 10.2 Å². The number of hydrogen-bond donors (Lipinski definition) is 2. The van der Waals surface area contributed by atoms with Gasteiger partial charge in [0.1, 0.15) is 6.04 Å². The van der Waals surface area contributed by atoms with Crippen molar-refractivity contribution in [2.45, 2.75) is 6.04 Å². The molecular weight excluding hydrogens is 336 g/mol. The van der Waals surface area contributed by atoms with Crippen LogP contribution in [0.5, 0.6) is 0 Å². The minimum absolute atomic E-state index is 0.0332. The molecule has 0 aliphatic rings. The lowest BCUT2D eigenvalue weighted by Gasteiger charge is -2.20. The number of thiophene rings is 1. The minimum Gasteiger partial charge on any atom is -0.346 e. The largest absolute Gasteiger partial charge is 0.346 e. The smallest absolute Gasteiger partial charge is 0.251 e. The summed E-state index contributed by atoms with van der Waals surface area (Å²) >= 11 is 5.11. The number of halogens is 1. The summed E-state index contributed by atoms with van der Waals surface area (Å²) in [5.41, 5.74) is 0.679. The average molecular weight is 354 g/mol. The molecule has 0 aliphatic heterocycles. The van der Waals surface area contributed by atoms with Gasteiger partial charge in [0.05, 0.1) is 25.5 Å². The van der Waals surface area contributed by atoms with Gasteiger partial charge < -0.3 is 10.2 Å². The Morgan fingerprint density at radius 1 is 1.35 bits per heavy atom. The van der Waals surface area contributed by atoms with Gasteiger partial charge in [-0.2, -0.15) is 0 Å². The Balaban J connectivity index is 2.01. The zero-order valence-corrected chi connectivity index (χ0v) is 13.9. The quantitative estimate of drug-likeness (QED) is 0.848. The van der Waals surface area contributed by atoms with Crippen molar-refractivity contribution in [2.75, 3.05) is 20.6 Å². The average Bonchev–Trinajstić information content (AvgIpc) is 2.92. The van der Waals surface area contributed by atoms with Crippen molar-refractivity contribution in [3.63, 3.8) is 0 Å². The van der Waals surface area contributed by atoms with Crippen LogP contribution in [0.1, 0.15) is 21.3 Å². The second-order valence-electron chi connectivity index (χ2n) is 4.87. The number of quaternary nitrogens is 1. The number of carbonyl (C=O) groups is 1. The van der Waals surface area contributed by atoms with Crippen LogP contribution in [-0.2, 0) is 0 Å². The van der Waals surface area contributed by atoms with Crippen molar-refractivity contribution in [1.82, 2.24) is 5.32 Å². The van der Waals surface area contributed by atoms with E-state index in [0.717, 1.165) is 4.47 Å². The van der Waals surface area contributed by atoms with Crippen LogP contribution in [0.3, 0.4) is 0 Å². The van der Waals surface area contributed by atoms with E-state index in [1.807, 2.05) is 30.3 Å². The SMILES string of the molecule is C[NH+](C)[C@H](CNC(=O)c1cccc(Br)c1)c1cccs1. The number of benzene rings is 1. The van der Waals surface area contributed by atoms with Crippen LogP contribution in [0, 0.1) is 0 Å². The molecule has 0 saturated carbocycles. The summed E-state index contributed by atoms with van der Waals surface area (Å²) in [6, 6.07) is 11.9. The summed E-state index contributed by atoms with van der Waals surface area (Å²) in [6.45, 7) is 0.633. The fraction of sp³-hybridized carbons (Fsp3) is 0.267. The van der Waals surface area contributed by atoms with E-state index in [-0.39, 0.29) is 11.9 Å². The Morgan fingerprint density at radius 3 is 2.75 bits per heavy atom. The summed E-state index contributed by atoms with van der Waals surface area (Å²) in [5, 5.41) is 5.09. The third-order valence-electron chi connectivity index (χ3n) is 3.14. The van der Waals surface area contributed by atoms with Crippen LogP contribution in [0.4, 0.5) is 0 Å². The van der Waals surface area contributed by atoms with E-state index < -0.39 is 0 Å². The molecule has 1 aromatic heterocycles. The predicted octanol–water partition coefficient (Wildman–Crippen LogP) is 2.13. The molecule has 1 heterocycles. The molecule has 0 unspecified atom stereocenters. The normalized spacial score (nSPS) is 12.4. The number of likely N-dealkylation sites (N-methyl/N-ethyl adjacent to an activating group) is 1. The molecule has 20 heavy (non-hydrogen) atoms. The van der Waals surface area contributed by atoms with Crippen molar-refractivity contribution in [1.29, 1.82) is 0 Å². The zero-order chi connectivity index (χ0) is 14.5. The molecule has 0 fully saturated rings. The van der Waals surface area contributed by atoms with Gasteiger partial charge in [-0.1, -0.05) is 28.1 Å². The standard InChI is InChI=1S/C15H17BrN2OS/c1-18(2)13(14-7-4-8-20-14)10-17-15(19)11-5-3-6-12(16)9-11/h3-9,13H,10H2,1-2H3,(H,17,19)/p+1/t13-/m1/s1. The van der Waals surface area contributed by atoms with Crippen molar-refractivity contribution < 1.29 is 9.69 Å². The highest BCUT2D eigenvalue weighted by Crippen LogP contribution is 2.16. The molecule has 0 aliphatic carbocycles. The van der Waals surface area contributed by atoms with Crippen LogP contribution in [0.25, 0.3) is 0 Å². The lowest BCUT2D eigenvalue weighted by molar-refractivity contribution is -0.890. The lowest BCUT2D eigenvalue weighted by atomic mass is 10.2. The van der Waals surface area contributed by atoms with Gasteiger partial charge in [-0.25, -0.2) is 0 Å². The lowest BCUT2D eigenvalue weighted by Crippen LogP contribution is -3.06. The second kappa shape index (κ2) is 7.02. The molecule has 0 saturated heterocycles. The fourth-order valence-electron chi connectivity index (χ4n) is 2.01. The van der Waals surface area contributed by atoms with Crippen molar-refractivity contribution in [2.24, 2.45) is 0 Å². The Morgan fingerprint density at radius 2 is 2.15 bits per heavy atom. The third kappa shape index (κ3) is 3.91. The molecule has 106 valence electrons. The Kier molecular flexibility index (Phi) is 5.34. The highest BCUT2D eigenvalue weighted by Gasteiger charge is 2.19. The van der Waals surface area contributed by atoms with Crippen LogP contribution in [0.15, 0.2) is 46.3 Å². The van der Waals surface area contributed by atoms with E-state index in [1.54, 1.807) is 11.3 Å². The monoisotopic (exact) mass is 353 g/mol. The van der Waals surface area contributed by atoms with Gasteiger partial charge >= 0.3 is 0 Å². The highest BCUT2D eigenvalue weighted by atomic mass is 79.9. The van der Waals surface area contributed by atoms with E-state index in [4.69, 9.17) is 0 Å². The molecule has 0 spiro atoms. The van der Waals surface area contributed by atoms with E-state index in [0.29, 0.717) is 12.1 Å². The first kappa shape index (κ1) is 15.2. The summed E-state index contributed by atoms with van der Waals surface area (Å²) < 4.78 is 0.915. The fourth-order valence-corrected chi connectivity index (χ4v) is 3.36. The van der Waals surface area contributed by atoms with E-state index >= 15 is 0 Å². The summed E-state index contributed by atoms with van der Waals surface area (Å²) in [6.07, 6.45) is 0. The van der Waals surface area contributed by atoms with Crippen molar-refractivity contribution in [3.8, 4) is 0 Å². The topological polar surface area (TPSA) is 33.5 Å². The van der Waals surface area contributed by atoms with Gasteiger partial charge in [0.25, 0.3) is 5.91 Å². The first-order chi connectivity index (χ1) is 9.58. The van der Waals surface area contributed by atoms with Crippen LogP contribution in [-0.4, -0.2) is 26.5 Å². The second-order valence-corrected chi connectivity index (χ2v) is 6.76. The molecule has 2 aromatic rings. The summed E-state index contributed by atoms with van der Waals surface area (Å²) in [5.74, 6) is -0.0332. The number of carbonyl (C=O) groups excluding carboxylic acids is 1. The maximum Gasteiger partial charge on any atom is 0.251 e. The van der Waals surface area contributed by atoms with Gasteiger partial charge in [-0.3, -0.25) is 4.79 Å². The molecule has 0 radical (unpaired) electrons. The Hall–Kier alpha value is -1.17. The molecule has 0 bridgehead atoms. The number of amides is 1. The van der Waals surface area contributed by atoms with Crippen molar-refractivity contribution in [3.05, 3.63) is 56.7 Å². The molecule has 1 aromatic carbocycles. The number of hydrogen-bond acceptors (Lipinski definition) is 2. The Bertz CT molecular complexity index is 569. The first-order valence-electron chi connectivity index (χ1n) is 6.45. The zero-order valence-electron chi connectivity index (χ0n) is 11.5. The minimum atomic E-state index is -0.0332. The highest BCUT2D eigenvalue weighted by molar-refractivity contribution is 9.10.